The van der Waals surface area contributed by atoms with Gasteiger partial charge in [0.1, 0.15) is 5.78 Å². The first-order valence-corrected chi connectivity index (χ1v) is 25.9. The minimum atomic E-state index is -0.384. The van der Waals surface area contributed by atoms with Crippen LogP contribution in [0.4, 0.5) is 17.1 Å². The van der Waals surface area contributed by atoms with Crippen LogP contribution in [-0.2, 0) is 19.0 Å². The second-order valence-corrected chi connectivity index (χ2v) is 18.2. The first-order chi connectivity index (χ1) is 33.5. The molecule has 0 aromatic heterocycles. The van der Waals surface area contributed by atoms with Gasteiger partial charge >= 0.3 is 17.9 Å². The zero-order valence-corrected chi connectivity index (χ0v) is 42.7. The van der Waals surface area contributed by atoms with Crippen molar-refractivity contribution in [2.24, 2.45) is 17.8 Å². The van der Waals surface area contributed by atoms with E-state index in [1.165, 1.54) is 15.7 Å². The molecule has 1 aliphatic rings. The molecule has 1 heterocycles. The number of nitrogens with one attached hydrogen (secondary N) is 5. The van der Waals surface area contributed by atoms with E-state index in [9.17, 15) is 19.2 Å². The van der Waals surface area contributed by atoms with Crippen molar-refractivity contribution in [1.29, 1.82) is 0 Å². The number of rotatable bonds is 34. The Balaban J connectivity index is 1.58. The Bertz CT molecular complexity index is 1850. The van der Waals surface area contributed by atoms with Crippen LogP contribution >= 0.6 is 0 Å². The number of hydrogen-bond donors (Lipinski definition) is 5. The number of Topliss-reactive ketones (excluding diaryl/α,β-unsaturated/α-hetero) is 1. The number of ketones is 1. The summed E-state index contributed by atoms with van der Waals surface area (Å²) < 4.78 is 17.1. The molecule has 0 radical (unpaired) electrons. The minimum Gasteiger partial charge on any atom is -0.462 e. The lowest BCUT2D eigenvalue weighted by molar-refractivity contribution is -0.316. The minimum absolute atomic E-state index is 0.00219. The van der Waals surface area contributed by atoms with Crippen molar-refractivity contribution >= 4 is 40.8 Å². The van der Waals surface area contributed by atoms with Crippen LogP contribution in [0.1, 0.15) is 189 Å². The average molecular weight is 958 g/mol. The number of hydrazine groups is 9. The maximum absolute atomic E-state index is 13.7. The van der Waals surface area contributed by atoms with Gasteiger partial charge in [0.05, 0.1) is 60.1 Å². The Hall–Kier alpha value is -5.10. The summed E-state index contributed by atoms with van der Waals surface area (Å²) in [4.78, 5) is 53.0. The number of anilines is 3. The zero-order valence-electron chi connectivity index (χ0n) is 42.7. The first kappa shape index (κ1) is 56.5. The molecule has 3 aromatic rings. The summed E-state index contributed by atoms with van der Waals surface area (Å²) in [6.07, 6.45) is 16.7. The zero-order chi connectivity index (χ0) is 49.8. The molecular formula is C53H83N9O7. The van der Waals surface area contributed by atoms with Crippen molar-refractivity contribution in [3.63, 3.8) is 0 Å². The summed E-state index contributed by atoms with van der Waals surface area (Å²) in [5.41, 5.74) is 19.5. The number of carbonyl (C=O) groups is 4. The monoisotopic (exact) mass is 958 g/mol. The lowest BCUT2D eigenvalue weighted by Crippen LogP contribution is -2.79. The molecule has 382 valence electrons. The summed E-state index contributed by atoms with van der Waals surface area (Å²) in [6.45, 7) is 16.1. The van der Waals surface area contributed by atoms with Gasteiger partial charge in [-0.3, -0.25) is 21.1 Å². The van der Waals surface area contributed by atoms with Crippen molar-refractivity contribution in [3.05, 3.63) is 89.5 Å². The van der Waals surface area contributed by atoms with Crippen LogP contribution in [0, 0.1) is 17.8 Å². The van der Waals surface area contributed by atoms with Crippen LogP contribution in [0.25, 0.3) is 0 Å². The van der Waals surface area contributed by atoms with E-state index in [-0.39, 0.29) is 30.2 Å². The molecule has 5 N–H and O–H groups in total. The highest BCUT2D eigenvalue weighted by molar-refractivity contribution is 5.91. The van der Waals surface area contributed by atoms with Gasteiger partial charge < -0.3 is 14.2 Å². The molecule has 16 nitrogen and oxygen atoms in total. The van der Waals surface area contributed by atoms with E-state index in [4.69, 9.17) is 14.2 Å². The quantitative estimate of drug-likeness (QED) is 0.0217. The lowest BCUT2D eigenvalue weighted by Gasteiger charge is -2.48. The number of unbranched alkanes of at least 4 members (excludes halogenated alkanes) is 6. The Morgan fingerprint density at radius 1 is 0.464 bits per heavy atom. The van der Waals surface area contributed by atoms with Gasteiger partial charge in [-0.15, -0.1) is 11.1 Å². The third-order valence-corrected chi connectivity index (χ3v) is 12.5. The summed E-state index contributed by atoms with van der Waals surface area (Å²) in [6, 6.07) is 20.8. The fourth-order valence-corrected chi connectivity index (χ4v) is 7.69. The Morgan fingerprint density at radius 3 is 1.14 bits per heavy atom. The molecule has 1 saturated heterocycles. The molecule has 1 fully saturated rings. The summed E-state index contributed by atoms with van der Waals surface area (Å²) in [5, 5.41) is 6.13. The normalized spacial score (nSPS) is 14.9. The maximum Gasteiger partial charge on any atom is 0.338 e. The summed E-state index contributed by atoms with van der Waals surface area (Å²) in [5.74, 6) is -0.170. The maximum atomic E-state index is 13.7. The second kappa shape index (κ2) is 31.9. The predicted octanol–water partition coefficient (Wildman–Crippen LogP) is 11.6. The van der Waals surface area contributed by atoms with E-state index >= 15 is 0 Å². The average Bonchev–Trinajstić information content (AvgIpc) is 3.36. The van der Waals surface area contributed by atoms with Gasteiger partial charge in [0, 0.05) is 6.42 Å². The van der Waals surface area contributed by atoms with E-state index in [2.05, 4.69) is 75.8 Å². The largest absolute Gasteiger partial charge is 0.462 e. The molecule has 0 spiro atoms. The third kappa shape index (κ3) is 20.0. The summed E-state index contributed by atoms with van der Waals surface area (Å²) >= 11 is 0. The number of carbonyl (C=O) groups excluding carboxylic acids is 4. The van der Waals surface area contributed by atoms with E-state index in [1.54, 1.807) is 77.9 Å². The number of hydrogen-bond acceptors (Lipinski definition) is 16. The van der Waals surface area contributed by atoms with Gasteiger partial charge in [-0.2, -0.15) is 0 Å². The number of benzene rings is 3. The molecule has 69 heavy (non-hydrogen) atoms. The molecule has 16 heteroatoms. The van der Waals surface area contributed by atoms with Crippen molar-refractivity contribution in [2.45, 2.75) is 158 Å². The van der Waals surface area contributed by atoms with Crippen LogP contribution in [0.3, 0.4) is 0 Å². The van der Waals surface area contributed by atoms with Gasteiger partial charge in [0.25, 0.3) is 0 Å². The van der Waals surface area contributed by atoms with Crippen LogP contribution in [0.15, 0.2) is 72.8 Å². The summed E-state index contributed by atoms with van der Waals surface area (Å²) in [7, 11) is 0. The van der Waals surface area contributed by atoms with Crippen LogP contribution in [0.5, 0.6) is 0 Å². The standard InChI is InChI=1S/C53H83N9O7/c1-8-15-19-20-24-50(63)37-59-61(55-48-33-27-45(28-34-48)52(65)68-39-42(13-6)22-17-10-3)57-60(54-47-31-25-44(26-32-47)51(64)67-38-41(12-5)21-16-9-2)58-62(59)56-49-35-29-46(30-36-49)53(66)69-40-43(14-7)23-18-11-4/h25-36,41-43,54-58H,8-24,37-40H2,1-7H3. The topological polar surface area (TPSA) is 169 Å². The molecule has 4 rings (SSSR count). The fraction of sp³-hybridized carbons (Fsp3) is 0.585. The van der Waals surface area contributed by atoms with Crippen LogP contribution in [-0.4, -0.2) is 70.9 Å². The van der Waals surface area contributed by atoms with Crippen molar-refractivity contribution in [3.8, 4) is 0 Å². The second-order valence-electron chi connectivity index (χ2n) is 18.2. The fourth-order valence-electron chi connectivity index (χ4n) is 7.69. The van der Waals surface area contributed by atoms with Crippen LogP contribution in [0.2, 0.25) is 0 Å². The Kier molecular flexibility index (Phi) is 26.1. The van der Waals surface area contributed by atoms with Crippen LogP contribution < -0.4 is 27.3 Å². The molecule has 3 unspecified atom stereocenters. The predicted molar refractivity (Wildman–Crippen MR) is 273 cm³/mol. The molecule has 1 aliphatic heterocycles. The highest BCUT2D eigenvalue weighted by atomic mass is 16.5. The lowest BCUT2D eigenvalue weighted by atomic mass is 10.0. The van der Waals surface area contributed by atoms with E-state index in [0.717, 1.165) is 103 Å². The van der Waals surface area contributed by atoms with Crippen molar-refractivity contribution in [2.75, 3.05) is 42.6 Å². The number of nitrogens with zero attached hydrogens (tertiary/aromatic N) is 4. The smallest absolute Gasteiger partial charge is 0.338 e. The SMILES string of the molecule is CCCCCCC(=O)CN1N(Nc2ccc(C(=O)OCC(CC)CCCC)cc2)NN(Nc2ccc(C(=O)OCC(CC)CCCC)cc2)NN1Nc1ccc(C(=O)OCC(CC)CCCC)cc1. The van der Waals surface area contributed by atoms with Gasteiger partial charge in [0.2, 0.25) is 0 Å². The number of esters is 3. The molecule has 0 aliphatic carbocycles. The highest BCUT2D eigenvalue weighted by Crippen LogP contribution is 2.22. The highest BCUT2D eigenvalue weighted by Gasteiger charge is 2.34. The molecular weight excluding hydrogens is 875 g/mol. The Morgan fingerprint density at radius 2 is 0.812 bits per heavy atom. The van der Waals surface area contributed by atoms with Crippen molar-refractivity contribution in [1.82, 2.24) is 31.9 Å². The van der Waals surface area contributed by atoms with Gasteiger partial charge in [-0.25, -0.2) is 14.4 Å². The van der Waals surface area contributed by atoms with Gasteiger partial charge in [-0.05, 0) is 116 Å². The third-order valence-electron chi connectivity index (χ3n) is 12.5. The Labute approximate surface area is 412 Å². The van der Waals surface area contributed by atoms with Gasteiger partial charge in [-0.1, -0.05) is 146 Å². The van der Waals surface area contributed by atoms with Crippen molar-refractivity contribution < 1.29 is 33.4 Å². The van der Waals surface area contributed by atoms with E-state index in [0.29, 0.717) is 77.7 Å². The molecule has 0 saturated carbocycles. The van der Waals surface area contributed by atoms with E-state index in [1.807, 2.05) is 0 Å². The first-order valence-electron chi connectivity index (χ1n) is 25.9. The number of ether oxygens (including phenoxy) is 3. The molecule has 3 atom stereocenters. The van der Waals surface area contributed by atoms with E-state index < -0.39 is 0 Å². The molecule has 0 bridgehead atoms. The molecule has 0 amide bonds. The van der Waals surface area contributed by atoms with Gasteiger partial charge in [0.15, 0.2) is 0 Å². The molecule has 3 aromatic carbocycles.